The van der Waals surface area contributed by atoms with E-state index in [1.165, 1.54) is 22.7 Å². The molecule has 0 atom stereocenters. The number of ketones is 1. The van der Waals surface area contributed by atoms with Crippen LogP contribution < -0.4 is 10.6 Å². The van der Waals surface area contributed by atoms with Gasteiger partial charge in [0.2, 0.25) is 5.78 Å². The van der Waals surface area contributed by atoms with Crippen LogP contribution in [0.5, 0.6) is 0 Å². The first-order chi connectivity index (χ1) is 12.9. The monoisotopic (exact) mass is 406 g/mol. The fraction of sp³-hybridized carbons (Fsp3) is 0.0556. The number of halogens is 2. The van der Waals surface area contributed by atoms with Crippen LogP contribution >= 0.6 is 22.7 Å². The van der Waals surface area contributed by atoms with Gasteiger partial charge in [-0.15, -0.1) is 22.7 Å². The lowest BCUT2D eigenvalue weighted by Gasteiger charge is -2.06. The Hall–Kier alpha value is -2.91. The van der Waals surface area contributed by atoms with Gasteiger partial charge in [-0.25, -0.2) is 8.78 Å². The van der Waals surface area contributed by atoms with Crippen molar-refractivity contribution < 1.29 is 23.2 Å². The molecule has 0 saturated carbocycles. The first-order valence-electron chi connectivity index (χ1n) is 7.65. The Kier molecular flexibility index (Phi) is 5.72. The van der Waals surface area contributed by atoms with Crippen molar-refractivity contribution in [2.75, 3.05) is 5.32 Å². The van der Waals surface area contributed by atoms with Gasteiger partial charge in [-0.2, -0.15) is 0 Å². The van der Waals surface area contributed by atoms with E-state index in [-0.39, 0.29) is 18.0 Å². The molecule has 138 valence electrons. The molecule has 0 spiro atoms. The number of rotatable bonds is 5. The number of hydrogen-bond donors (Lipinski definition) is 2. The van der Waals surface area contributed by atoms with E-state index in [1.54, 1.807) is 24.3 Å². The second-order valence-electron chi connectivity index (χ2n) is 5.33. The van der Waals surface area contributed by atoms with E-state index in [2.05, 4.69) is 10.6 Å². The number of carbonyl (C=O) groups excluding carboxylic acids is 3. The molecule has 9 heteroatoms. The van der Waals surface area contributed by atoms with E-state index in [0.717, 1.165) is 12.1 Å². The molecule has 0 aliphatic rings. The number of carbonyl (C=O) groups is 3. The van der Waals surface area contributed by atoms with Crippen molar-refractivity contribution in [2.45, 2.75) is 6.54 Å². The molecule has 1 aromatic carbocycles. The minimum atomic E-state index is -1.08. The standard InChI is InChI=1S/C18H12F2N2O3S2/c19-10-3-5-13(12(20)8-10)22-18(25)17(24)21-9-11-4-6-15(27-11)16(23)14-2-1-7-26-14/h1-8H,9H2,(H,21,24)(H,22,25). The summed E-state index contributed by atoms with van der Waals surface area (Å²) in [7, 11) is 0. The van der Waals surface area contributed by atoms with Gasteiger partial charge in [0, 0.05) is 10.9 Å². The molecule has 5 nitrogen and oxygen atoms in total. The summed E-state index contributed by atoms with van der Waals surface area (Å²) in [4.78, 5) is 37.7. The summed E-state index contributed by atoms with van der Waals surface area (Å²) in [6, 6.07) is 9.45. The summed E-state index contributed by atoms with van der Waals surface area (Å²) in [6.45, 7) is 0.0422. The average molecular weight is 406 g/mol. The van der Waals surface area contributed by atoms with Crippen molar-refractivity contribution in [3.05, 3.63) is 74.1 Å². The number of benzene rings is 1. The maximum atomic E-state index is 13.5. The summed E-state index contributed by atoms with van der Waals surface area (Å²) in [5, 5.41) is 6.27. The SMILES string of the molecule is O=C(NCc1ccc(C(=O)c2cccs2)s1)C(=O)Nc1ccc(F)cc1F. The summed E-state index contributed by atoms with van der Waals surface area (Å²) >= 11 is 2.55. The molecule has 0 radical (unpaired) electrons. The summed E-state index contributed by atoms with van der Waals surface area (Å²) in [5.74, 6) is -3.92. The zero-order valence-electron chi connectivity index (χ0n) is 13.6. The Labute approximate surface area is 160 Å². The molecule has 27 heavy (non-hydrogen) atoms. The lowest BCUT2D eigenvalue weighted by molar-refractivity contribution is -0.136. The molecule has 0 aliphatic heterocycles. The van der Waals surface area contributed by atoms with E-state index in [9.17, 15) is 23.2 Å². The van der Waals surface area contributed by atoms with E-state index < -0.39 is 23.4 Å². The van der Waals surface area contributed by atoms with Gasteiger partial charge in [-0.05, 0) is 35.7 Å². The topological polar surface area (TPSA) is 75.3 Å². The molecule has 0 bridgehead atoms. The molecule has 3 rings (SSSR count). The zero-order valence-corrected chi connectivity index (χ0v) is 15.3. The Morgan fingerprint density at radius 2 is 1.78 bits per heavy atom. The van der Waals surface area contributed by atoms with Crippen molar-refractivity contribution in [3.63, 3.8) is 0 Å². The fourth-order valence-electron chi connectivity index (χ4n) is 2.14. The summed E-state index contributed by atoms with van der Waals surface area (Å²) in [6.07, 6.45) is 0. The van der Waals surface area contributed by atoms with Crippen LogP contribution in [-0.2, 0) is 16.1 Å². The molecule has 2 N–H and O–H groups in total. The Morgan fingerprint density at radius 1 is 0.963 bits per heavy atom. The number of hydrogen-bond acceptors (Lipinski definition) is 5. The van der Waals surface area contributed by atoms with E-state index >= 15 is 0 Å². The van der Waals surface area contributed by atoms with Crippen LogP contribution in [0.1, 0.15) is 19.4 Å². The molecule has 2 aromatic heterocycles. The van der Waals surface area contributed by atoms with Crippen molar-refractivity contribution in [3.8, 4) is 0 Å². The molecule has 0 fully saturated rings. The fourth-order valence-corrected chi connectivity index (χ4v) is 3.79. The highest BCUT2D eigenvalue weighted by Gasteiger charge is 2.17. The van der Waals surface area contributed by atoms with Crippen molar-refractivity contribution in [1.82, 2.24) is 5.32 Å². The van der Waals surface area contributed by atoms with Gasteiger partial charge in [0.1, 0.15) is 11.6 Å². The van der Waals surface area contributed by atoms with Gasteiger partial charge in [0.15, 0.2) is 0 Å². The van der Waals surface area contributed by atoms with Crippen LogP contribution in [0.3, 0.4) is 0 Å². The summed E-state index contributed by atoms with van der Waals surface area (Å²) in [5.41, 5.74) is -0.295. The second-order valence-corrected chi connectivity index (χ2v) is 7.45. The van der Waals surface area contributed by atoms with Crippen LogP contribution in [0.4, 0.5) is 14.5 Å². The van der Waals surface area contributed by atoms with Crippen molar-refractivity contribution in [1.29, 1.82) is 0 Å². The van der Waals surface area contributed by atoms with Gasteiger partial charge in [0.05, 0.1) is 22.0 Å². The van der Waals surface area contributed by atoms with Crippen LogP contribution in [0.25, 0.3) is 0 Å². The number of anilines is 1. The lowest BCUT2D eigenvalue weighted by atomic mass is 10.3. The first kappa shape index (κ1) is 18.9. The highest BCUT2D eigenvalue weighted by molar-refractivity contribution is 7.16. The van der Waals surface area contributed by atoms with Gasteiger partial charge in [0.25, 0.3) is 0 Å². The van der Waals surface area contributed by atoms with E-state index in [1.807, 2.05) is 5.38 Å². The molecule has 0 aliphatic carbocycles. The predicted octanol–water partition coefficient (Wildman–Crippen LogP) is 3.57. The molecule has 2 heterocycles. The molecule has 2 amide bonds. The lowest BCUT2D eigenvalue weighted by Crippen LogP contribution is -2.35. The smallest absolute Gasteiger partial charge is 0.313 e. The Bertz CT molecular complexity index is 1000. The minimum Gasteiger partial charge on any atom is -0.343 e. The third-order valence-electron chi connectivity index (χ3n) is 3.44. The van der Waals surface area contributed by atoms with Crippen LogP contribution in [0.2, 0.25) is 0 Å². The maximum absolute atomic E-state index is 13.5. The van der Waals surface area contributed by atoms with E-state index in [4.69, 9.17) is 0 Å². The quantitative estimate of drug-likeness (QED) is 0.502. The minimum absolute atomic E-state index is 0.0422. The molecular formula is C18H12F2N2O3S2. The van der Waals surface area contributed by atoms with Crippen molar-refractivity contribution >= 4 is 46.0 Å². The first-order valence-corrected chi connectivity index (χ1v) is 9.35. The highest BCUT2D eigenvalue weighted by Crippen LogP contribution is 2.22. The van der Waals surface area contributed by atoms with Crippen LogP contribution in [-0.4, -0.2) is 17.6 Å². The predicted molar refractivity (Wildman–Crippen MR) is 98.9 cm³/mol. The summed E-state index contributed by atoms with van der Waals surface area (Å²) < 4.78 is 26.4. The van der Waals surface area contributed by atoms with Crippen molar-refractivity contribution in [2.24, 2.45) is 0 Å². The Balaban J connectivity index is 1.56. The zero-order chi connectivity index (χ0) is 19.4. The molecule has 0 unspecified atom stereocenters. The normalized spacial score (nSPS) is 10.4. The largest absolute Gasteiger partial charge is 0.343 e. The van der Waals surface area contributed by atoms with Crippen LogP contribution in [0, 0.1) is 11.6 Å². The highest BCUT2D eigenvalue weighted by atomic mass is 32.1. The number of amides is 2. The molecule has 0 saturated heterocycles. The molecular weight excluding hydrogens is 394 g/mol. The van der Waals surface area contributed by atoms with E-state index in [0.29, 0.717) is 20.7 Å². The van der Waals surface area contributed by atoms with Gasteiger partial charge in [-0.3, -0.25) is 14.4 Å². The van der Waals surface area contributed by atoms with Gasteiger partial charge in [-0.1, -0.05) is 6.07 Å². The molecule has 3 aromatic rings. The van der Waals surface area contributed by atoms with Gasteiger partial charge < -0.3 is 10.6 Å². The van der Waals surface area contributed by atoms with Gasteiger partial charge >= 0.3 is 11.8 Å². The maximum Gasteiger partial charge on any atom is 0.313 e. The number of thiophene rings is 2. The average Bonchev–Trinajstić information content (AvgIpc) is 3.33. The third kappa shape index (κ3) is 4.63. The third-order valence-corrected chi connectivity index (χ3v) is 5.39. The number of nitrogens with one attached hydrogen (secondary N) is 2. The Morgan fingerprint density at radius 3 is 2.48 bits per heavy atom. The van der Waals surface area contributed by atoms with Crippen LogP contribution in [0.15, 0.2) is 47.8 Å². The second kappa shape index (κ2) is 8.19.